The second-order valence-electron chi connectivity index (χ2n) is 2.38. The van der Waals surface area contributed by atoms with Crippen molar-refractivity contribution < 1.29 is 14.4 Å². The Morgan fingerprint density at radius 2 is 2.00 bits per heavy atom. The lowest BCUT2D eigenvalue weighted by atomic mass is 9.99. The van der Waals surface area contributed by atoms with Crippen LogP contribution < -0.4 is 0 Å². The van der Waals surface area contributed by atoms with Gasteiger partial charge >= 0.3 is 0 Å². The van der Waals surface area contributed by atoms with Gasteiger partial charge in [0.1, 0.15) is 11.7 Å². The van der Waals surface area contributed by atoms with E-state index >= 15 is 0 Å². The smallest absolute Gasteiger partial charge is 0.217 e. The maximum absolute atomic E-state index is 10.9. The van der Waals surface area contributed by atoms with Crippen molar-refractivity contribution in [3.63, 3.8) is 0 Å². The van der Waals surface area contributed by atoms with Crippen LogP contribution in [-0.2, 0) is 14.4 Å². The highest BCUT2D eigenvalue weighted by Gasteiger charge is 2.21. The number of Topliss-reactive ketones (excluding diaryl/α,β-unsaturated/α-hetero) is 2. The van der Waals surface area contributed by atoms with Gasteiger partial charge in [-0.25, -0.2) is 0 Å². The molecule has 0 saturated carbocycles. The van der Waals surface area contributed by atoms with Crippen molar-refractivity contribution in [1.29, 1.82) is 0 Å². The molecule has 0 rings (SSSR count). The molecule has 1 unspecified atom stereocenters. The molecular weight excluding hydrogens is 144 g/mol. The van der Waals surface area contributed by atoms with Gasteiger partial charge in [-0.3, -0.25) is 14.4 Å². The van der Waals surface area contributed by atoms with Crippen LogP contribution in [0.1, 0.15) is 26.7 Å². The van der Waals surface area contributed by atoms with Gasteiger partial charge in [-0.2, -0.15) is 0 Å². The van der Waals surface area contributed by atoms with Crippen LogP contribution in [0.25, 0.3) is 0 Å². The third-order valence-electron chi connectivity index (χ3n) is 1.34. The van der Waals surface area contributed by atoms with Gasteiger partial charge in [0, 0.05) is 6.42 Å². The molecule has 0 aromatic heterocycles. The van der Waals surface area contributed by atoms with Gasteiger partial charge in [-0.05, 0) is 13.3 Å². The van der Waals surface area contributed by atoms with E-state index < -0.39 is 11.7 Å². The third kappa shape index (κ3) is 3.07. The molecule has 0 aliphatic heterocycles. The highest BCUT2D eigenvalue weighted by atomic mass is 16.2. The molecule has 0 N–H and O–H groups in total. The molecule has 0 fully saturated rings. The van der Waals surface area contributed by atoms with Crippen molar-refractivity contribution in [2.75, 3.05) is 0 Å². The number of hydrogen-bond donors (Lipinski definition) is 0. The summed E-state index contributed by atoms with van der Waals surface area (Å²) in [4.78, 5) is 31.6. The molecule has 0 aromatic carbocycles. The first kappa shape index (κ1) is 10.0. The van der Waals surface area contributed by atoms with Gasteiger partial charge in [-0.1, -0.05) is 6.92 Å². The molecule has 0 aliphatic carbocycles. The molecule has 0 bridgehead atoms. The van der Waals surface area contributed by atoms with Crippen LogP contribution in [0, 0.1) is 5.92 Å². The fraction of sp³-hybridized carbons (Fsp3) is 0.625. The molecule has 0 heterocycles. The largest absolute Gasteiger partial charge is 0.299 e. The summed E-state index contributed by atoms with van der Waals surface area (Å²) >= 11 is 0. The van der Waals surface area contributed by atoms with Crippen LogP contribution in [0.2, 0.25) is 0 Å². The molecule has 11 heavy (non-hydrogen) atoms. The fourth-order valence-corrected chi connectivity index (χ4v) is 0.766. The summed E-state index contributed by atoms with van der Waals surface area (Å²) < 4.78 is 0. The molecule has 3 nitrogen and oxygen atoms in total. The number of hydrogen-bond acceptors (Lipinski definition) is 3. The monoisotopic (exact) mass is 155 g/mol. The third-order valence-corrected chi connectivity index (χ3v) is 1.34. The summed E-state index contributed by atoms with van der Waals surface area (Å²) in [5.74, 6) is -1.89. The number of carbonyl (C=O) groups is 2. The average molecular weight is 155 g/mol. The maximum Gasteiger partial charge on any atom is 0.217 e. The van der Waals surface area contributed by atoms with Gasteiger partial charge in [0.2, 0.25) is 6.29 Å². The summed E-state index contributed by atoms with van der Waals surface area (Å²) in [7, 11) is 0. The first-order valence-corrected chi connectivity index (χ1v) is 3.54. The molecule has 0 aromatic rings. The predicted molar refractivity (Wildman–Crippen MR) is 39.8 cm³/mol. The van der Waals surface area contributed by atoms with E-state index in [1.165, 1.54) is 13.2 Å². The zero-order valence-corrected chi connectivity index (χ0v) is 6.72. The Morgan fingerprint density at radius 3 is 2.27 bits per heavy atom. The Kier molecular flexibility index (Phi) is 4.34. The van der Waals surface area contributed by atoms with E-state index in [2.05, 4.69) is 0 Å². The minimum Gasteiger partial charge on any atom is -0.299 e. The summed E-state index contributed by atoms with van der Waals surface area (Å²) in [6.07, 6.45) is 2.37. The van der Waals surface area contributed by atoms with Crippen molar-refractivity contribution in [2.45, 2.75) is 26.7 Å². The van der Waals surface area contributed by atoms with Gasteiger partial charge in [0.05, 0.1) is 0 Å². The second-order valence-corrected chi connectivity index (χ2v) is 2.38. The van der Waals surface area contributed by atoms with Crippen molar-refractivity contribution in [3.8, 4) is 0 Å². The molecule has 61 valence electrons. The zero-order chi connectivity index (χ0) is 8.85. The van der Waals surface area contributed by atoms with E-state index in [-0.39, 0.29) is 12.2 Å². The van der Waals surface area contributed by atoms with Crippen LogP contribution in [0.15, 0.2) is 0 Å². The van der Waals surface area contributed by atoms with Crippen molar-refractivity contribution >= 4 is 17.9 Å². The minimum atomic E-state index is -1.14. The average Bonchev–Trinajstić information content (AvgIpc) is 1.88. The molecule has 0 saturated heterocycles. The molecule has 3 heteroatoms. The van der Waals surface area contributed by atoms with Gasteiger partial charge in [0.15, 0.2) is 5.78 Å². The lowest BCUT2D eigenvalue weighted by Crippen LogP contribution is -2.22. The molecule has 0 aliphatic rings. The first-order chi connectivity index (χ1) is 5.13. The molecule has 0 amide bonds. The number of rotatable bonds is 5. The van der Waals surface area contributed by atoms with Crippen LogP contribution in [0.5, 0.6) is 0 Å². The predicted octanol–water partition coefficient (Wildman–Crippen LogP) is 0.671. The maximum atomic E-state index is 10.9. The summed E-state index contributed by atoms with van der Waals surface area (Å²) in [5.41, 5.74) is 0. The molecule has 1 radical (unpaired) electrons. The van der Waals surface area contributed by atoms with Crippen molar-refractivity contribution in [3.05, 3.63) is 0 Å². The number of carbonyl (C=O) groups excluding carboxylic acids is 3. The summed E-state index contributed by atoms with van der Waals surface area (Å²) in [6, 6.07) is 0. The lowest BCUT2D eigenvalue weighted by molar-refractivity contribution is -0.128. The Labute approximate surface area is 65.8 Å². The quantitative estimate of drug-likeness (QED) is 0.548. The second kappa shape index (κ2) is 4.77. The molecule has 0 spiro atoms. The van der Waals surface area contributed by atoms with Crippen molar-refractivity contribution in [1.82, 2.24) is 0 Å². The van der Waals surface area contributed by atoms with E-state index in [4.69, 9.17) is 0 Å². The van der Waals surface area contributed by atoms with Crippen LogP contribution in [0.3, 0.4) is 0 Å². The van der Waals surface area contributed by atoms with Gasteiger partial charge in [0.25, 0.3) is 0 Å². The van der Waals surface area contributed by atoms with E-state index in [0.29, 0.717) is 6.42 Å². The van der Waals surface area contributed by atoms with Gasteiger partial charge < -0.3 is 0 Å². The fourth-order valence-electron chi connectivity index (χ4n) is 0.766. The van der Waals surface area contributed by atoms with Gasteiger partial charge in [-0.15, -0.1) is 0 Å². The SMILES string of the molecule is CCCC(=O)C([C]=O)C(C)=O. The Hall–Kier alpha value is -0.990. The lowest BCUT2D eigenvalue weighted by Gasteiger charge is -2.01. The van der Waals surface area contributed by atoms with E-state index in [1.54, 1.807) is 0 Å². The standard InChI is InChI=1S/C8H11O3/c1-3-4-8(11)7(5-9)6(2)10/h7H,3-4H2,1-2H3. The Bertz CT molecular complexity index is 172. The van der Waals surface area contributed by atoms with E-state index in [9.17, 15) is 14.4 Å². The zero-order valence-electron chi connectivity index (χ0n) is 6.72. The number of ketones is 2. The first-order valence-electron chi connectivity index (χ1n) is 3.54. The van der Waals surface area contributed by atoms with Crippen LogP contribution in [0.4, 0.5) is 0 Å². The van der Waals surface area contributed by atoms with E-state index in [1.807, 2.05) is 6.92 Å². The topological polar surface area (TPSA) is 51.2 Å². The normalized spacial score (nSPS) is 12.2. The van der Waals surface area contributed by atoms with E-state index in [0.717, 1.165) is 0 Å². The molecular formula is C8H11O3. The highest BCUT2D eigenvalue weighted by Crippen LogP contribution is 2.01. The highest BCUT2D eigenvalue weighted by molar-refractivity contribution is 6.12. The van der Waals surface area contributed by atoms with Crippen molar-refractivity contribution in [2.24, 2.45) is 5.92 Å². The molecule has 1 atom stereocenters. The summed E-state index contributed by atoms with van der Waals surface area (Å²) in [5, 5.41) is 0. The van der Waals surface area contributed by atoms with Crippen LogP contribution >= 0.6 is 0 Å². The summed E-state index contributed by atoms with van der Waals surface area (Å²) in [6.45, 7) is 3.04. The van der Waals surface area contributed by atoms with Crippen LogP contribution in [-0.4, -0.2) is 17.9 Å². The minimum absolute atomic E-state index is 0.277. The Balaban J connectivity index is 4.14. The Morgan fingerprint density at radius 1 is 1.45 bits per heavy atom.